The molecule has 6 heteroatoms. The summed E-state index contributed by atoms with van der Waals surface area (Å²) in [4.78, 5) is 12.0. The highest BCUT2D eigenvalue weighted by Crippen LogP contribution is 2.24. The molecule has 2 aromatic carbocycles. The van der Waals surface area contributed by atoms with E-state index in [1.54, 1.807) is 12.1 Å². The van der Waals surface area contributed by atoms with Gasteiger partial charge in [-0.05, 0) is 52.9 Å². The molecule has 0 atom stereocenters. The number of aromatic hydroxyl groups is 1. The standard InChI is InChI=1S/C14H11FINO3/c1-20-9-3-4-10(15)12(7-9)17-14(19)8-2-5-11(16)13(18)6-8/h2-7,18H,1H3,(H,17,19). The molecular formula is C14H11FINO3. The Labute approximate surface area is 128 Å². The smallest absolute Gasteiger partial charge is 0.255 e. The third kappa shape index (κ3) is 3.19. The molecule has 0 unspecified atom stereocenters. The number of hydrogen-bond donors (Lipinski definition) is 2. The van der Waals surface area contributed by atoms with Crippen LogP contribution in [-0.2, 0) is 0 Å². The number of amides is 1. The van der Waals surface area contributed by atoms with E-state index < -0.39 is 11.7 Å². The van der Waals surface area contributed by atoms with Crippen LogP contribution in [0.4, 0.5) is 10.1 Å². The molecule has 2 aromatic rings. The first-order valence-electron chi connectivity index (χ1n) is 5.64. The summed E-state index contributed by atoms with van der Waals surface area (Å²) in [6.45, 7) is 0. The summed E-state index contributed by atoms with van der Waals surface area (Å²) in [6, 6.07) is 8.54. The minimum atomic E-state index is -0.561. The van der Waals surface area contributed by atoms with Gasteiger partial charge in [0.15, 0.2) is 0 Å². The highest BCUT2D eigenvalue weighted by molar-refractivity contribution is 14.1. The Kier molecular flexibility index (Phi) is 4.43. The number of ether oxygens (including phenoxy) is 1. The van der Waals surface area contributed by atoms with Gasteiger partial charge in [-0.3, -0.25) is 4.79 Å². The van der Waals surface area contributed by atoms with Gasteiger partial charge in [0.2, 0.25) is 0 Å². The molecule has 20 heavy (non-hydrogen) atoms. The summed E-state index contributed by atoms with van der Waals surface area (Å²) >= 11 is 1.94. The summed E-state index contributed by atoms with van der Waals surface area (Å²) in [7, 11) is 1.45. The lowest BCUT2D eigenvalue weighted by Crippen LogP contribution is -2.13. The lowest BCUT2D eigenvalue weighted by atomic mass is 10.2. The third-order valence-electron chi connectivity index (χ3n) is 2.63. The largest absolute Gasteiger partial charge is 0.507 e. The molecule has 4 nitrogen and oxygen atoms in total. The molecule has 2 rings (SSSR count). The zero-order valence-electron chi connectivity index (χ0n) is 10.5. The maximum absolute atomic E-state index is 13.6. The Balaban J connectivity index is 2.25. The van der Waals surface area contributed by atoms with Crippen molar-refractivity contribution in [1.82, 2.24) is 0 Å². The Morgan fingerprint density at radius 3 is 2.70 bits per heavy atom. The molecular weight excluding hydrogens is 376 g/mol. The first-order valence-corrected chi connectivity index (χ1v) is 6.72. The summed E-state index contributed by atoms with van der Waals surface area (Å²) in [5.41, 5.74) is 0.262. The van der Waals surface area contributed by atoms with Gasteiger partial charge in [-0.25, -0.2) is 4.39 Å². The van der Waals surface area contributed by atoms with E-state index in [0.717, 1.165) is 0 Å². The van der Waals surface area contributed by atoms with Crippen molar-refractivity contribution in [1.29, 1.82) is 0 Å². The van der Waals surface area contributed by atoms with E-state index in [1.807, 2.05) is 22.6 Å². The first kappa shape index (κ1) is 14.6. The van der Waals surface area contributed by atoms with Crippen LogP contribution >= 0.6 is 22.6 Å². The molecule has 2 N–H and O–H groups in total. The summed E-state index contributed by atoms with van der Waals surface area (Å²) < 4.78 is 19.2. The highest BCUT2D eigenvalue weighted by atomic mass is 127. The molecule has 104 valence electrons. The maximum atomic E-state index is 13.6. The molecule has 0 spiro atoms. The molecule has 0 radical (unpaired) electrons. The molecule has 1 amide bonds. The molecule has 0 fully saturated rings. The summed E-state index contributed by atoms with van der Waals surface area (Å²) in [5.74, 6) is -0.630. The van der Waals surface area contributed by atoms with E-state index in [2.05, 4.69) is 5.32 Å². The third-order valence-corrected chi connectivity index (χ3v) is 3.54. The second-order valence-electron chi connectivity index (χ2n) is 3.97. The number of nitrogens with one attached hydrogen (secondary N) is 1. The van der Waals surface area contributed by atoms with Crippen molar-refractivity contribution in [2.24, 2.45) is 0 Å². The summed E-state index contributed by atoms with van der Waals surface area (Å²) in [5, 5.41) is 12.0. The molecule has 0 bridgehead atoms. The second-order valence-corrected chi connectivity index (χ2v) is 5.13. The van der Waals surface area contributed by atoms with Gasteiger partial charge in [-0.2, -0.15) is 0 Å². The number of benzene rings is 2. The van der Waals surface area contributed by atoms with E-state index in [-0.39, 0.29) is 17.0 Å². The van der Waals surface area contributed by atoms with Gasteiger partial charge in [0.1, 0.15) is 17.3 Å². The number of rotatable bonds is 3. The number of anilines is 1. The number of phenols is 1. The van der Waals surface area contributed by atoms with Gasteiger partial charge in [0.25, 0.3) is 5.91 Å². The predicted molar refractivity (Wildman–Crippen MR) is 81.7 cm³/mol. The Morgan fingerprint density at radius 2 is 2.05 bits per heavy atom. The fourth-order valence-electron chi connectivity index (χ4n) is 1.58. The van der Waals surface area contributed by atoms with Crippen molar-refractivity contribution < 1.29 is 19.0 Å². The lowest BCUT2D eigenvalue weighted by Gasteiger charge is -2.09. The summed E-state index contributed by atoms with van der Waals surface area (Å²) in [6.07, 6.45) is 0. The molecule has 0 aliphatic carbocycles. The van der Waals surface area contributed by atoms with E-state index in [9.17, 15) is 14.3 Å². The van der Waals surface area contributed by atoms with Crippen molar-refractivity contribution in [3.05, 3.63) is 51.3 Å². The van der Waals surface area contributed by atoms with Crippen LogP contribution in [0, 0.1) is 9.39 Å². The van der Waals surface area contributed by atoms with Gasteiger partial charge in [-0.15, -0.1) is 0 Å². The molecule has 0 saturated heterocycles. The Morgan fingerprint density at radius 1 is 1.30 bits per heavy atom. The maximum Gasteiger partial charge on any atom is 0.255 e. The molecule has 0 saturated carbocycles. The number of hydrogen-bond acceptors (Lipinski definition) is 3. The van der Waals surface area contributed by atoms with E-state index in [0.29, 0.717) is 9.32 Å². The number of carbonyl (C=O) groups excluding carboxylic acids is 1. The predicted octanol–water partition coefficient (Wildman–Crippen LogP) is 3.40. The molecule has 0 aromatic heterocycles. The van der Waals surface area contributed by atoms with Crippen LogP contribution in [0.25, 0.3) is 0 Å². The zero-order valence-corrected chi connectivity index (χ0v) is 12.6. The van der Waals surface area contributed by atoms with Gasteiger partial charge in [-0.1, -0.05) is 0 Å². The minimum Gasteiger partial charge on any atom is -0.507 e. The quantitative estimate of drug-likeness (QED) is 0.794. The Bertz CT molecular complexity index is 661. The fourth-order valence-corrected chi connectivity index (χ4v) is 1.91. The number of methoxy groups -OCH3 is 1. The minimum absolute atomic E-state index is 0.00404. The van der Waals surface area contributed by atoms with Crippen LogP contribution in [-0.4, -0.2) is 18.1 Å². The topological polar surface area (TPSA) is 58.6 Å². The normalized spacial score (nSPS) is 10.2. The second kappa shape index (κ2) is 6.08. The average molecular weight is 387 g/mol. The number of phenolic OH excluding ortho intramolecular Hbond substituents is 1. The fraction of sp³-hybridized carbons (Fsp3) is 0.0714. The van der Waals surface area contributed by atoms with E-state index >= 15 is 0 Å². The number of carbonyl (C=O) groups is 1. The average Bonchev–Trinajstić information content (AvgIpc) is 2.44. The molecule has 0 aliphatic rings. The first-order chi connectivity index (χ1) is 9.51. The van der Waals surface area contributed by atoms with Crippen LogP contribution in [0.5, 0.6) is 11.5 Å². The van der Waals surface area contributed by atoms with E-state index in [1.165, 1.54) is 31.4 Å². The van der Waals surface area contributed by atoms with E-state index in [4.69, 9.17) is 4.74 Å². The van der Waals surface area contributed by atoms with Gasteiger partial charge >= 0.3 is 0 Å². The lowest BCUT2D eigenvalue weighted by molar-refractivity contribution is 0.102. The van der Waals surface area contributed by atoms with Crippen LogP contribution in [0.15, 0.2) is 36.4 Å². The zero-order chi connectivity index (χ0) is 14.7. The molecule has 0 aliphatic heterocycles. The van der Waals surface area contributed by atoms with Gasteiger partial charge < -0.3 is 15.2 Å². The van der Waals surface area contributed by atoms with Gasteiger partial charge in [0.05, 0.1) is 16.4 Å². The van der Waals surface area contributed by atoms with Crippen molar-refractivity contribution in [3.8, 4) is 11.5 Å². The van der Waals surface area contributed by atoms with Crippen LogP contribution < -0.4 is 10.1 Å². The van der Waals surface area contributed by atoms with Crippen LogP contribution in [0.2, 0.25) is 0 Å². The van der Waals surface area contributed by atoms with Gasteiger partial charge in [0, 0.05) is 11.6 Å². The monoisotopic (exact) mass is 387 g/mol. The van der Waals surface area contributed by atoms with Crippen molar-refractivity contribution >= 4 is 34.2 Å². The van der Waals surface area contributed by atoms with Crippen molar-refractivity contribution in [2.45, 2.75) is 0 Å². The SMILES string of the molecule is COc1ccc(F)c(NC(=O)c2ccc(I)c(O)c2)c1. The Hall–Kier alpha value is -1.83. The highest BCUT2D eigenvalue weighted by Gasteiger charge is 2.12. The van der Waals surface area contributed by atoms with Crippen molar-refractivity contribution in [3.63, 3.8) is 0 Å². The van der Waals surface area contributed by atoms with Crippen LogP contribution in [0.3, 0.4) is 0 Å². The van der Waals surface area contributed by atoms with Crippen LogP contribution in [0.1, 0.15) is 10.4 Å². The number of halogens is 2. The van der Waals surface area contributed by atoms with Crippen molar-refractivity contribution in [2.75, 3.05) is 12.4 Å². The molecule has 0 heterocycles.